The van der Waals surface area contributed by atoms with E-state index in [9.17, 15) is 5.11 Å². The summed E-state index contributed by atoms with van der Waals surface area (Å²) in [6.45, 7) is 0. The fourth-order valence-electron chi connectivity index (χ4n) is 2.55. The molecule has 0 spiro atoms. The Bertz CT molecular complexity index is 1190. The lowest BCUT2D eigenvalue weighted by Crippen LogP contribution is -1.83. The number of benzene rings is 3. The molecular weight excluding hydrogens is 498 g/mol. The second-order valence-corrected chi connectivity index (χ2v) is 7.85. The molecule has 27 heavy (non-hydrogen) atoms. The van der Waals surface area contributed by atoms with Crippen LogP contribution in [-0.4, -0.2) is 16.3 Å². The Balaban J connectivity index is 1.68. The molecule has 4 nitrogen and oxygen atoms in total. The van der Waals surface area contributed by atoms with Crippen molar-refractivity contribution in [2.45, 2.75) is 0 Å². The summed E-state index contributed by atoms with van der Waals surface area (Å²) in [5, 5.41) is 10.9. The molecule has 0 radical (unpaired) electrons. The molecule has 0 aliphatic carbocycles. The van der Waals surface area contributed by atoms with Crippen LogP contribution >= 0.6 is 45.8 Å². The number of phenols is 1. The maximum atomic E-state index is 9.92. The van der Waals surface area contributed by atoms with Crippen molar-refractivity contribution in [3.8, 4) is 17.2 Å². The van der Waals surface area contributed by atoms with Gasteiger partial charge in [-0.15, -0.1) is 0 Å². The van der Waals surface area contributed by atoms with Gasteiger partial charge in [0.15, 0.2) is 5.58 Å². The van der Waals surface area contributed by atoms with Crippen LogP contribution in [-0.2, 0) is 0 Å². The SMILES string of the molecule is Oc1ccc(I)cc1C=Nc1ccc2oc(-c3ccc(Cl)cc3Cl)nc2c1. The Labute approximate surface area is 178 Å². The van der Waals surface area contributed by atoms with E-state index < -0.39 is 0 Å². The van der Waals surface area contributed by atoms with Crippen LogP contribution in [0.2, 0.25) is 10.0 Å². The fraction of sp³-hybridized carbons (Fsp3) is 0. The zero-order valence-corrected chi connectivity index (χ0v) is 17.3. The van der Waals surface area contributed by atoms with Gasteiger partial charge in [0, 0.05) is 20.4 Å². The Morgan fingerprint density at radius 3 is 2.70 bits per heavy atom. The molecule has 134 valence electrons. The van der Waals surface area contributed by atoms with E-state index in [1.807, 2.05) is 24.3 Å². The Morgan fingerprint density at radius 2 is 1.89 bits per heavy atom. The highest BCUT2D eigenvalue weighted by atomic mass is 127. The van der Waals surface area contributed by atoms with Crippen molar-refractivity contribution in [3.63, 3.8) is 0 Å². The molecule has 1 heterocycles. The third-order valence-corrected chi connectivity index (χ3v) is 5.09. The molecule has 0 atom stereocenters. The van der Waals surface area contributed by atoms with Crippen molar-refractivity contribution >= 4 is 68.8 Å². The van der Waals surface area contributed by atoms with Crippen molar-refractivity contribution in [2.75, 3.05) is 0 Å². The van der Waals surface area contributed by atoms with Crippen LogP contribution in [0.1, 0.15) is 5.56 Å². The van der Waals surface area contributed by atoms with Crippen molar-refractivity contribution in [3.05, 3.63) is 73.8 Å². The van der Waals surface area contributed by atoms with Gasteiger partial charge in [0.25, 0.3) is 0 Å². The van der Waals surface area contributed by atoms with Crippen LogP contribution in [0.3, 0.4) is 0 Å². The minimum Gasteiger partial charge on any atom is -0.507 e. The smallest absolute Gasteiger partial charge is 0.228 e. The zero-order chi connectivity index (χ0) is 19.0. The highest BCUT2D eigenvalue weighted by Gasteiger charge is 2.12. The first-order chi connectivity index (χ1) is 13.0. The third kappa shape index (κ3) is 3.95. The number of hydrogen-bond donors (Lipinski definition) is 1. The second-order valence-electron chi connectivity index (χ2n) is 5.76. The summed E-state index contributed by atoms with van der Waals surface area (Å²) in [4.78, 5) is 8.93. The number of oxazole rings is 1. The van der Waals surface area contributed by atoms with Gasteiger partial charge >= 0.3 is 0 Å². The first-order valence-electron chi connectivity index (χ1n) is 7.88. The van der Waals surface area contributed by atoms with Gasteiger partial charge in [-0.25, -0.2) is 4.98 Å². The lowest BCUT2D eigenvalue weighted by molar-refractivity contribution is 0.474. The summed E-state index contributed by atoms with van der Waals surface area (Å²) in [6.07, 6.45) is 1.62. The molecule has 7 heteroatoms. The number of aliphatic imine (C=N–C) groups is 1. The average molecular weight is 509 g/mol. The molecule has 1 N–H and O–H groups in total. The number of halogens is 3. The summed E-state index contributed by atoms with van der Waals surface area (Å²) in [6, 6.07) is 15.9. The summed E-state index contributed by atoms with van der Waals surface area (Å²) in [5.41, 5.74) is 3.31. The molecule has 4 rings (SSSR count). The third-order valence-electron chi connectivity index (χ3n) is 3.87. The van der Waals surface area contributed by atoms with Gasteiger partial charge in [-0.1, -0.05) is 23.2 Å². The van der Waals surface area contributed by atoms with Gasteiger partial charge in [0.2, 0.25) is 5.89 Å². The first kappa shape index (κ1) is 18.3. The monoisotopic (exact) mass is 508 g/mol. The van der Waals surface area contributed by atoms with Crippen LogP contribution in [0.5, 0.6) is 5.75 Å². The lowest BCUT2D eigenvalue weighted by Gasteiger charge is -1.99. The molecule has 4 aromatic rings. The van der Waals surface area contributed by atoms with Crippen LogP contribution in [0, 0.1) is 3.57 Å². The van der Waals surface area contributed by atoms with Crippen molar-refractivity contribution in [1.82, 2.24) is 4.98 Å². The number of rotatable bonds is 3. The Morgan fingerprint density at radius 1 is 1.04 bits per heavy atom. The molecule has 0 bridgehead atoms. The van der Waals surface area contributed by atoms with Gasteiger partial charge < -0.3 is 9.52 Å². The van der Waals surface area contributed by atoms with Gasteiger partial charge in [0.1, 0.15) is 11.3 Å². The molecule has 0 amide bonds. The molecule has 0 unspecified atom stereocenters. The second kappa shape index (κ2) is 7.50. The number of fused-ring (bicyclic) bond motifs is 1. The minimum atomic E-state index is 0.182. The standard InChI is InChI=1S/C20H11Cl2IN2O2/c21-12-1-4-15(16(22)8-12)20-25-17-9-14(3-6-19(17)27-20)24-10-11-7-13(23)2-5-18(11)26/h1-10,26H. The van der Waals surface area contributed by atoms with E-state index in [-0.39, 0.29) is 5.75 Å². The highest BCUT2D eigenvalue weighted by molar-refractivity contribution is 14.1. The normalized spacial score (nSPS) is 11.5. The summed E-state index contributed by atoms with van der Waals surface area (Å²) >= 11 is 14.4. The highest BCUT2D eigenvalue weighted by Crippen LogP contribution is 2.33. The van der Waals surface area contributed by atoms with Gasteiger partial charge in [-0.3, -0.25) is 4.99 Å². The first-order valence-corrected chi connectivity index (χ1v) is 9.72. The average Bonchev–Trinajstić information content (AvgIpc) is 3.05. The van der Waals surface area contributed by atoms with Crippen LogP contribution in [0.4, 0.5) is 5.69 Å². The van der Waals surface area contributed by atoms with Crippen LogP contribution in [0.15, 0.2) is 64.0 Å². The lowest BCUT2D eigenvalue weighted by atomic mass is 10.2. The number of phenolic OH excluding ortho intramolecular Hbond substituents is 1. The molecule has 0 saturated carbocycles. The van der Waals surface area contributed by atoms with E-state index in [1.54, 1.807) is 36.5 Å². The quantitative estimate of drug-likeness (QED) is 0.243. The molecule has 0 saturated heterocycles. The summed E-state index contributed by atoms with van der Waals surface area (Å²) in [5.74, 6) is 0.601. The van der Waals surface area contributed by atoms with E-state index in [1.165, 1.54) is 0 Å². The number of hydrogen-bond acceptors (Lipinski definition) is 4. The van der Waals surface area contributed by atoms with Crippen LogP contribution in [0.25, 0.3) is 22.6 Å². The fourth-order valence-corrected chi connectivity index (χ4v) is 3.55. The maximum absolute atomic E-state index is 9.92. The molecule has 0 aliphatic rings. The number of aromatic hydroxyl groups is 1. The van der Waals surface area contributed by atoms with Gasteiger partial charge in [-0.05, 0) is 77.2 Å². The van der Waals surface area contributed by atoms with E-state index >= 15 is 0 Å². The van der Waals surface area contributed by atoms with E-state index in [4.69, 9.17) is 27.6 Å². The van der Waals surface area contributed by atoms with Gasteiger partial charge in [0.05, 0.1) is 16.3 Å². The molecule has 3 aromatic carbocycles. The van der Waals surface area contributed by atoms with E-state index in [2.05, 4.69) is 32.6 Å². The predicted octanol–water partition coefficient (Wildman–Crippen LogP) is 6.86. The number of aromatic nitrogens is 1. The van der Waals surface area contributed by atoms with Crippen molar-refractivity contribution in [2.24, 2.45) is 4.99 Å². The summed E-state index contributed by atoms with van der Waals surface area (Å²) < 4.78 is 6.81. The topological polar surface area (TPSA) is 58.6 Å². The minimum absolute atomic E-state index is 0.182. The van der Waals surface area contributed by atoms with Crippen molar-refractivity contribution in [1.29, 1.82) is 0 Å². The molecule has 1 aromatic heterocycles. The maximum Gasteiger partial charge on any atom is 0.228 e. The van der Waals surface area contributed by atoms with Crippen LogP contribution < -0.4 is 0 Å². The molecular formula is C20H11Cl2IN2O2. The molecule has 0 fully saturated rings. The van der Waals surface area contributed by atoms with E-state index in [0.29, 0.717) is 43.9 Å². The van der Waals surface area contributed by atoms with E-state index in [0.717, 1.165) is 3.57 Å². The Hall–Kier alpha value is -2.09. The zero-order valence-electron chi connectivity index (χ0n) is 13.7. The van der Waals surface area contributed by atoms with Gasteiger partial charge in [-0.2, -0.15) is 0 Å². The Kier molecular flexibility index (Phi) is 5.08. The summed E-state index contributed by atoms with van der Waals surface area (Å²) in [7, 11) is 0. The van der Waals surface area contributed by atoms with Crippen molar-refractivity contribution < 1.29 is 9.52 Å². The number of nitrogens with zero attached hydrogens (tertiary/aromatic N) is 2. The largest absolute Gasteiger partial charge is 0.507 e. The predicted molar refractivity (Wildman–Crippen MR) is 118 cm³/mol. The molecule has 0 aliphatic heterocycles.